The van der Waals surface area contributed by atoms with Crippen LogP contribution in [0.2, 0.25) is 5.02 Å². The maximum atomic E-state index is 12.8. The van der Waals surface area contributed by atoms with Gasteiger partial charge in [-0.3, -0.25) is 4.79 Å². The zero-order chi connectivity index (χ0) is 19.5. The fraction of sp³-hybridized carbons (Fsp3) is 0.235. The lowest BCUT2D eigenvalue weighted by molar-refractivity contribution is 0.0993. The Bertz CT molecular complexity index is 931. The van der Waals surface area contributed by atoms with Crippen LogP contribution in [-0.2, 0) is 10.0 Å². The summed E-state index contributed by atoms with van der Waals surface area (Å²) in [6.07, 6.45) is 0. The monoisotopic (exact) mass is 398 g/mol. The van der Waals surface area contributed by atoms with Gasteiger partial charge in [0.15, 0.2) is 11.5 Å². The van der Waals surface area contributed by atoms with Crippen molar-refractivity contribution in [3.05, 3.63) is 47.0 Å². The lowest BCUT2D eigenvalue weighted by Gasteiger charge is -2.20. The van der Waals surface area contributed by atoms with Gasteiger partial charge < -0.3 is 14.4 Å². The summed E-state index contributed by atoms with van der Waals surface area (Å²) in [6, 6.07) is 8.94. The van der Waals surface area contributed by atoms with Gasteiger partial charge in [0.1, 0.15) is 0 Å². The summed E-state index contributed by atoms with van der Waals surface area (Å²) >= 11 is 6.11. The summed E-state index contributed by atoms with van der Waals surface area (Å²) in [5.74, 6) is 0.523. The minimum absolute atomic E-state index is 0.0477. The number of ether oxygens (including phenoxy) is 2. The summed E-state index contributed by atoms with van der Waals surface area (Å²) in [4.78, 5) is 14.1. The van der Waals surface area contributed by atoms with Gasteiger partial charge in [0.2, 0.25) is 10.0 Å². The van der Waals surface area contributed by atoms with Gasteiger partial charge in [-0.2, -0.15) is 0 Å². The Morgan fingerprint density at radius 1 is 1.08 bits per heavy atom. The normalized spacial score (nSPS) is 11.1. The highest BCUT2D eigenvalue weighted by molar-refractivity contribution is 7.89. The number of carbonyl (C=O) groups is 1. The maximum Gasteiger partial charge on any atom is 0.259 e. The molecule has 0 radical (unpaired) electrons. The Kier molecular flexibility index (Phi) is 6.12. The fourth-order valence-corrected chi connectivity index (χ4v) is 3.24. The molecule has 0 aliphatic carbocycles. The van der Waals surface area contributed by atoms with Crippen molar-refractivity contribution in [3.8, 4) is 11.5 Å². The molecule has 0 unspecified atom stereocenters. The van der Waals surface area contributed by atoms with Gasteiger partial charge >= 0.3 is 0 Å². The number of anilines is 1. The van der Waals surface area contributed by atoms with E-state index in [1.165, 1.54) is 44.4 Å². The number of methoxy groups -OCH3 is 2. The van der Waals surface area contributed by atoms with Gasteiger partial charge in [-0.25, -0.2) is 13.1 Å². The molecule has 2 aromatic carbocycles. The topological polar surface area (TPSA) is 84.9 Å². The second kappa shape index (κ2) is 7.94. The summed E-state index contributed by atoms with van der Waals surface area (Å²) < 4.78 is 36.6. The highest BCUT2D eigenvalue weighted by Gasteiger charge is 2.21. The number of hydrogen-bond acceptors (Lipinski definition) is 5. The van der Waals surface area contributed by atoms with Crippen LogP contribution in [0.5, 0.6) is 11.5 Å². The Labute approximate surface area is 157 Å². The van der Waals surface area contributed by atoms with Crippen molar-refractivity contribution in [1.82, 2.24) is 4.72 Å². The number of rotatable bonds is 6. The van der Waals surface area contributed by atoms with Crippen molar-refractivity contribution < 1.29 is 22.7 Å². The first-order chi connectivity index (χ1) is 12.2. The van der Waals surface area contributed by atoms with Crippen LogP contribution in [0.4, 0.5) is 5.69 Å². The predicted molar refractivity (Wildman–Crippen MR) is 100.0 cm³/mol. The van der Waals surface area contributed by atoms with Crippen LogP contribution in [-0.4, -0.2) is 42.6 Å². The fourth-order valence-electron chi connectivity index (χ4n) is 2.28. The molecule has 9 heteroatoms. The lowest BCUT2D eigenvalue weighted by Crippen LogP contribution is -2.27. The van der Waals surface area contributed by atoms with E-state index in [4.69, 9.17) is 21.1 Å². The van der Waals surface area contributed by atoms with Crippen LogP contribution in [0.25, 0.3) is 0 Å². The highest BCUT2D eigenvalue weighted by Crippen LogP contribution is 2.32. The molecule has 0 heterocycles. The zero-order valence-corrected chi connectivity index (χ0v) is 16.3. The van der Waals surface area contributed by atoms with Crippen molar-refractivity contribution in [2.45, 2.75) is 4.90 Å². The molecule has 0 aliphatic heterocycles. The summed E-state index contributed by atoms with van der Waals surface area (Å²) in [5.41, 5.74) is 0.603. The minimum atomic E-state index is -3.70. The molecule has 7 nitrogen and oxygen atoms in total. The van der Waals surface area contributed by atoms with E-state index in [0.29, 0.717) is 17.2 Å². The molecule has 0 aliphatic rings. The first-order valence-corrected chi connectivity index (χ1v) is 9.34. The molecule has 0 bridgehead atoms. The van der Waals surface area contributed by atoms with Crippen LogP contribution in [0.1, 0.15) is 10.4 Å². The Balaban J connectivity index is 2.44. The highest BCUT2D eigenvalue weighted by atomic mass is 35.5. The third-order valence-electron chi connectivity index (χ3n) is 3.81. The number of benzene rings is 2. The van der Waals surface area contributed by atoms with E-state index in [9.17, 15) is 13.2 Å². The smallest absolute Gasteiger partial charge is 0.259 e. The van der Waals surface area contributed by atoms with Crippen LogP contribution in [0, 0.1) is 0 Å². The van der Waals surface area contributed by atoms with Crippen LogP contribution >= 0.6 is 11.6 Å². The van der Waals surface area contributed by atoms with Crippen molar-refractivity contribution >= 4 is 33.2 Å². The van der Waals surface area contributed by atoms with Crippen molar-refractivity contribution in [1.29, 1.82) is 0 Å². The molecule has 140 valence electrons. The van der Waals surface area contributed by atoms with Gasteiger partial charge in [-0.1, -0.05) is 11.6 Å². The average molecular weight is 399 g/mol. The molecule has 26 heavy (non-hydrogen) atoms. The largest absolute Gasteiger partial charge is 0.493 e. The number of hydrogen-bond donors (Lipinski definition) is 1. The van der Waals surface area contributed by atoms with Gasteiger partial charge in [-0.15, -0.1) is 0 Å². The molecular weight excluding hydrogens is 380 g/mol. The third-order valence-corrected chi connectivity index (χ3v) is 5.55. The quantitative estimate of drug-likeness (QED) is 0.808. The molecule has 2 rings (SSSR count). The molecule has 1 N–H and O–H groups in total. The summed E-state index contributed by atoms with van der Waals surface area (Å²) in [5, 5.41) is 0.150. The molecule has 0 fully saturated rings. The van der Waals surface area contributed by atoms with E-state index < -0.39 is 15.9 Å². The number of sulfonamides is 1. The van der Waals surface area contributed by atoms with E-state index in [1.54, 1.807) is 25.2 Å². The summed E-state index contributed by atoms with van der Waals surface area (Å²) in [6.45, 7) is 0. The zero-order valence-electron chi connectivity index (χ0n) is 14.7. The second-order valence-corrected chi connectivity index (χ2v) is 7.55. The number of amides is 1. The van der Waals surface area contributed by atoms with E-state index >= 15 is 0 Å². The molecule has 1 amide bonds. The number of carbonyl (C=O) groups excluding carboxylic acids is 1. The van der Waals surface area contributed by atoms with Crippen LogP contribution in [0.3, 0.4) is 0 Å². The van der Waals surface area contributed by atoms with Crippen LogP contribution < -0.4 is 19.1 Å². The lowest BCUT2D eigenvalue weighted by atomic mass is 10.2. The first-order valence-electron chi connectivity index (χ1n) is 7.48. The van der Waals surface area contributed by atoms with Gasteiger partial charge in [-0.05, 0) is 37.4 Å². The van der Waals surface area contributed by atoms with E-state index in [0.717, 1.165) is 0 Å². The Hall–Kier alpha value is -2.29. The van der Waals surface area contributed by atoms with Crippen molar-refractivity contribution in [2.75, 3.05) is 33.2 Å². The van der Waals surface area contributed by atoms with E-state index in [1.807, 2.05) is 0 Å². The molecule has 0 aromatic heterocycles. The first kappa shape index (κ1) is 20.0. The summed E-state index contributed by atoms with van der Waals surface area (Å²) in [7, 11) is 2.16. The van der Waals surface area contributed by atoms with Gasteiger partial charge in [0.25, 0.3) is 5.91 Å². The van der Waals surface area contributed by atoms with Crippen molar-refractivity contribution in [2.24, 2.45) is 0 Å². The molecular formula is C17H19ClN2O5S. The van der Waals surface area contributed by atoms with E-state index in [-0.39, 0.29) is 15.5 Å². The van der Waals surface area contributed by atoms with Crippen molar-refractivity contribution in [3.63, 3.8) is 0 Å². The number of nitrogens with one attached hydrogen (secondary N) is 1. The Morgan fingerprint density at radius 3 is 2.31 bits per heavy atom. The SMILES string of the molecule is CNS(=O)(=O)c1ccc(Cl)c(C(=O)N(C)c2ccc(OC)c(OC)c2)c1. The average Bonchev–Trinajstić information content (AvgIpc) is 2.66. The minimum Gasteiger partial charge on any atom is -0.493 e. The van der Waals surface area contributed by atoms with Gasteiger partial charge in [0, 0.05) is 18.8 Å². The number of nitrogens with zero attached hydrogens (tertiary/aromatic N) is 1. The maximum absolute atomic E-state index is 12.8. The molecule has 0 spiro atoms. The molecule has 0 saturated heterocycles. The van der Waals surface area contributed by atoms with Crippen LogP contribution in [0.15, 0.2) is 41.3 Å². The predicted octanol–water partition coefficient (Wildman–Crippen LogP) is 2.54. The third kappa shape index (κ3) is 3.92. The van der Waals surface area contributed by atoms with E-state index in [2.05, 4.69) is 4.72 Å². The molecule has 0 saturated carbocycles. The second-order valence-electron chi connectivity index (χ2n) is 5.25. The molecule has 2 aromatic rings. The molecule has 0 atom stereocenters. The Morgan fingerprint density at radius 2 is 1.73 bits per heavy atom. The van der Waals surface area contributed by atoms with Gasteiger partial charge in [0.05, 0.1) is 29.7 Å². The standard InChI is InChI=1S/C17H19ClN2O5S/c1-19-26(22,23)12-6-7-14(18)13(10-12)17(21)20(2)11-5-8-15(24-3)16(9-11)25-4/h5-10,19H,1-4H3. The number of halogens is 1.